The minimum atomic E-state index is -5.41. The van der Waals surface area contributed by atoms with E-state index in [1.165, 1.54) is 11.4 Å². The first kappa shape index (κ1) is 30.3. The van der Waals surface area contributed by atoms with Gasteiger partial charge in [0.2, 0.25) is 0 Å². The number of rotatable bonds is 6. The fourth-order valence-corrected chi connectivity index (χ4v) is 5.18. The fourth-order valence-electron chi connectivity index (χ4n) is 3.74. The van der Waals surface area contributed by atoms with E-state index in [-0.39, 0.29) is 12.1 Å². The van der Waals surface area contributed by atoms with Crippen molar-refractivity contribution in [3.63, 3.8) is 0 Å². The van der Waals surface area contributed by atoms with Gasteiger partial charge in [-0.15, -0.1) is 11.3 Å². The van der Waals surface area contributed by atoms with Gasteiger partial charge in [0, 0.05) is 17.7 Å². The highest BCUT2D eigenvalue weighted by Crippen LogP contribution is 2.51. The van der Waals surface area contributed by atoms with Gasteiger partial charge in [0.1, 0.15) is 23.0 Å². The van der Waals surface area contributed by atoms with E-state index >= 15 is 8.78 Å². The summed E-state index contributed by atoms with van der Waals surface area (Å²) >= 11 is 12.6. The normalized spacial score (nSPS) is 13.0. The molecule has 3 aromatic carbocycles. The SMILES string of the molecule is O=C(Nc1c(Cl)cc(C(F)(c2cccs2)C(F)(F)F)cc1Cl)c1cccc(NC(=O)c2c(F)cc(F)cc2F)c1F. The van der Waals surface area contributed by atoms with Crippen LogP contribution in [0.3, 0.4) is 0 Å². The van der Waals surface area contributed by atoms with Gasteiger partial charge in [0.15, 0.2) is 5.82 Å². The highest BCUT2D eigenvalue weighted by molar-refractivity contribution is 7.10. The van der Waals surface area contributed by atoms with Crippen LogP contribution in [0.2, 0.25) is 10.0 Å². The van der Waals surface area contributed by atoms with Crippen LogP contribution in [0.25, 0.3) is 0 Å². The van der Waals surface area contributed by atoms with Gasteiger partial charge in [-0.25, -0.2) is 22.0 Å². The third-order valence-electron chi connectivity index (χ3n) is 5.66. The Morgan fingerprint density at radius 1 is 0.780 bits per heavy atom. The number of halogens is 10. The third-order valence-corrected chi connectivity index (χ3v) is 7.22. The average Bonchev–Trinajstić information content (AvgIpc) is 3.41. The lowest BCUT2D eigenvalue weighted by Gasteiger charge is -2.28. The molecule has 0 bridgehead atoms. The molecule has 2 amide bonds. The van der Waals surface area contributed by atoms with Crippen molar-refractivity contribution in [2.75, 3.05) is 10.6 Å². The number of anilines is 2. The van der Waals surface area contributed by atoms with Gasteiger partial charge >= 0.3 is 6.18 Å². The van der Waals surface area contributed by atoms with E-state index in [4.69, 9.17) is 23.2 Å². The molecule has 0 radical (unpaired) electrons. The zero-order valence-electron chi connectivity index (χ0n) is 19.8. The molecule has 15 heteroatoms. The number of nitrogens with one attached hydrogen (secondary N) is 2. The van der Waals surface area contributed by atoms with Crippen LogP contribution in [0.4, 0.5) is 46.5 Å². The predicted octanol–water partition coefficient (Wildman–Crippen LogP) is 8.89. The summed E-state index contributed by atoms with van der Waals surface area (Å²) in [6, 6.07) is 6.79. The van der Waals surface area contributed by atoms with Crippen molar-refractivity contribution in [3.8, 4) is 0 Å². The molecule has 0 saturated heterocycles. The predicted molar refractivity (Wildman–Crippen MR) is 137 cm³/mol. The van der Waals surface area contributed by atoms with Crippen LogP contribution in [0.1, 0.15) is 31.2 Å². The zero-order valence-corrected chi connectivity index (χ0v) is 22.1. The quantitative estimate of drug-likeness (QED) is 0.207. The Balaban J connectivity index is 1.63. The molecule has 0 saturated carbocycles. The summed E-state index contributed by atoms with van der Waals surface area (Å²) in [5.41, 5.74) is -8.13. The summed E-state index contributed by atoms with van der Waals surface area (Å²) < 4.78 is 113. The molecule has 1 heterocycles. The highest BCUT2D eigenvalue weighted by Gasteiger charge is 2.59. The van der Waals surface area contributed by atoms with Gasteiger partial charge in [-0.05, 0) is 35.7 Å². The summed E-state index contributed by atoms with van der Waals surface area (Å²) in [4.78, 5) is 24.5. The lowest BCUT2D eigenvalue weighted by Crippen LogP contribution is -2.38. The van der Waals surface area contributed by atoms with Crippen molar-refractivity contribution >= 4 is 57.7 Å². The maximum Gasteiger partial charge on any atom is 0.431 e. The van der Waals surface area contributed by atoms with E-state index in [1.54, 1.807) is 0 Å². The molecule has 1 atom stereocenters. The maximum absolute atomic E-state index is 15.5. The first-order chi connectivity index (χ1) is 19.1. The first-order valence-electron chi connectivity index (χ1n) is 11.0. The van der Waals surface area contributed by atoms with Crippen molar-refractivity contribution in [2.45, 2.75) is 11.8 Å². The number of thiophene rings is 1. The summed E-state index contributed by atoms with van der Waals surface area (Å²) in [6.07, 6.45) is -5.41. The third kappa shape index (κ3) is 5.74. The minimum absolute atomic E-state index is 0.235. The highest BCUT2D eigenvalue weighted by atomic mass is 35.5. The van der Waals surface area contributed by atoms with E-state index in [1.807, 2.05) is 5.32 Å². The smallest absolute Gasteiger partial charge is 0.319 e. The second-order valence-electron chi connectivity index (χ2n) is 8.27. The number of carbonyl (C=O) groups excluding carboxylic acids is 2. The Bertz CT molecular complexity index is 1620. The van der Waals surface area contributed by atoms with Crippen molar-refractivity contribution in [1.29, 1.82) is 0 Å². The molecular weight excluding hydrogens is 627 g/mol. The lowest BCUT2D eigenvalue weighted by atomic mass is 9.93. The first-order valence-corrected chi connectivity index (χ1v) is 12.6. The van der Waals surface area contributed by atoms with Crippen LogP contribution >= 0.6 is 34.5 Å². The largest absolute Gasteiger partial charge is 0.431 e. The summed E-state index contributed by atoms with van der Waals surface area (Å²) in [5.74, 6) is -8.57. The Morgan fingerprint density at radius 2 is 1.39 bits per heavy atom. The standard InChI is InChI=1S/C26H12Cl2F8N2O2S/c27-14-7-11(25(33,26(34,35)36)19-5-2-6-41-19)8-15(28)22(14)38-23(39)13-3-1-4-18(21(13)32)37-24(40)20-16(30)9-12(29)10-17(20)31/h1-10H,(H,37,40)(H,38,39). The van der Waals surface area contributed by atoms with E-state index in [2.05, 4.69) is 5.32 Å². The molecular formula is C26H12Cl2F8N2O2S. The molecule has 41 heavy (non-hydrogen) atoms. The molecule has 0 aliphatic rings. The minimum Gasteiger partial charge on any atom is -0.319 e. The number of carbonyl (C=O) groups is 2. The Kier molecular flexibility index (Phi) is 8.35. The van der Waals surface area contributed by atoms with Crippen molar-refractivity contribution in [2.24, 2.45) is 0 Å². The summed E-state index contributed by atoms with van der Waals surface area (Å²) in [7, 11) is 0. The average molecular weight is 639 g/mol. The molecule has 0 spiro atoms. The lowest BCUT2D eigenvalue weighted by molar-refractivity contribution is -0.218. The Hall–Kier alpha value is -3.68. The van der Waals surface area contributed by atoms with Crippen LogP contribution in [0.15, 0.2) is 60.0 Å². The van der Waals surface area contributed by atoms with Gasteiger partial charge < -0.3 is 10.6 Å². The van der Waals surface area contributed by atoms with Crippen LogP contribution < -0.4 is 10.6 Å². The van der Waals surface area contributed by atoms with Crippen molar-refractivity contribution in [1.82, 2.24) is 0 Å². The zero-order chi connectivity index (χ0) is 30.3. The van der Waals surface area contributed by atoms with Crippen molar-refractivity contribution in [3.05, 3.63) is 115 Å². The van der Waals surface area contributed by atoms with E-state index in [9.17, 15) is 35.9 Å². The fraction of sp³-hybridized carbons (Fsp3) is 0.0769. The second kappa shape index (κ2) is 11.3. The van der Waals surface area contributed by atoms with Crippen LogP contribution in [0, 0.1) is 23.3 Å². The van der Waals surface area contributed by atoms with E-state index < -0.39 is 89.9 Å². The van der Waals surface area contributed by atoms with E-state index in [0.29, 0.717) is 23.5 Å². The number of benzene rings is 3. The maximum atomic E-state index is 15.5. The molecule has 4 aromatic rings. The van der Waals surface area contributed by atoms with Crippen molar-refractivity contribution < 1.29 is 44.7 Å². The van der Waals surface area contributed by atoms with Crippen LogP contribution in [0.5, 0.6) is 0 Å². The number of amides is 2. The number of hydrogen-bond donors (Lipinski definition) is 2. The van der Waals surface area contributed by atoms with Gasteiger partial charge in [0.25, 0.3) is 17.5 Å². The van der Waals surface area contributed by atoms with Gasteiger partial charge in [-0.1, -0.05) is 35.3 Å². The van der Waals surface area contributed by atoms with Gasteiger partial charge in [-0.3, -0.25) is 9.59 Å². The summed E-state index contributed by atoms with van der Waals surface area (Å²) in [5, 5.41) is 3.98. The van der Waals surface area contributed by atoms with Gasteiger partial charge in [0.05, 0.1) is 31.9 Å². The molecule has 214 valence electrons. The summed E-state index contributed by atoms with van der Waals surface area (Å²) in [6.45, 7) is 0. The molecule has 0 aliphatic heterocycles. The van der Waals surface area contributed by atoms with Gasteiger partial charge in [-0.2, -0.15) is 13.2 Å². The molecule has 0 aliphatic carbocycles. The van der Waals surface area contributed by atoms with E-state index in [0.717, 1.165) is 24.3 Å². The molecule has 2 N–H and O–H groups in total. The monoisotopic (exact) mass is 638 g/mol. The molecule has 4 nitrogen and oxygen atoms in total. The topological polar surface area (TPSA) is 58.2 Å². The molecule has 0 fully saturated rings. The Morgan fingerprint density at radius 3 is 1.93 bits per heavy atom. The molecule has 4 rings (SSSR count). The number of hydrogen-bond acceptors (Lipinski definition) is 3. The van der Waals surface area contributed by atoms with Crippen LogP contribution in [-0.2, 0) is 5.67 Å². The number of alkyl halides is 4. The molecule has 1 aromatic heterocycles. The molecule has 1 unspecified atom stereocenters. The Labute approximate surface area is 239 Å². The van der Waals surface area contributed by atoms with Crippen LogP contribution in [-0.4, -0.2) is 18.0 Å². The second-order valence-corrected chi connectivity index (χ2v) is 10.0.